The number of benzene rings is 2. The van der Waals surface area contributed by atoms with Gasteiger partial charge < -0.3 is 5.32 Å². The van der Waals surface area contributed by atoms with Crippen molar-refractivity contribution in [3.8, 4) is 5.69 Å². The molecule has 0 bridgehead atoms. The summed E-state index contributed by atoms with van der Waals surface area (Å²) in [6.07, 6.45) is 1.29. The van der Waals surface area contributed by atoms with Gasteiger partial charge in [-0.05, 0) is 31.2 Å². The summed E-state index contributed by atoms with van der Waals surface area (Å²) < 4.78 is 41.3. The zero-order valence-electron chi connectivity index (χ0n) is 12.6. The predicted molar refractivity (Wildman–Crippen MR) is 82.6 cm³/mol. The Balaban J connectivity index is 1.89. The van der Waals surface area contributed by atoms with Crippen molar-refractivity contribution in [3.63, 3.8) is 0 Å². The van der Waals surface area contributed by atoms with E-state index in [4.69, 9.17) is 0 Å². The molecule has 0 fully saturated rings. The Morgan fingerprint density at radius 3 is 2.50 bits per heavy atom. The lowest BCUT2D eigenvalue weighted by molar-refractivity contribution is 0.102. The molecule has 4 nitrogen and oxygen atoms in total. The van der Waals surface area contributed by atoms with Crippen LogP contribution in [0.3, 0.4) is 0 Å². The number of hydrogen-bond donors (Lipinski definition) is 1. The second kappa shape index (κ2) is 6.19. The quantitative estimate of drug-likeness (QED) is 0.792. The Hall–Kier alpha value is -3.09. The van der Waals surface area contributed by atoms with Crippen molar-refractivity contribution in [2.45, 2.75) is 6.92 Å². The van der Waals surface area contributed by atoms with Crippen LogP contribution in [-0.4, -0.2) is 15.7 Å². The number of para-hydroxylation sites is 1. The lowest BCUT2D eigenvalue weighted by atomic mass is 10.2. The van der Waals surface area contributed by atoms with Crippen molar-refractivity contribution in [1.29, 1.82) is 0 Å². The molecule has 7 heteroatoms. The van der Waals surface area contributed by atoms with Gasteiger partial charge >= 0.3 is 0 Å². The summed E-state index contributed by atoms with van der Waals surface area (Å²) >= 11 is 0. The molecule has 2 aromatic carbocycles. The van der Waals surface area contributed by atoms with E-state index in [1.807, 2.05) is 0 Å². The smallest absolute Gasteiger partial charge is 0.259 e. The Bertz CT molecular complexity index is 921. The minimum absolute atomic E-state index is 0.108. The molecule has 3 rings (SSSR count). The Kier molecular flexibility index (Phi) is 4.07. The van der Waals surface area contributed by atoms with Crippen LogP contribution in [0.5, 0.6) is 0 Å². The maximum Gasteiger partial charge on any atom is 0.259 e. The van der Waals surface area contributed by atoms with Gasteiger partial charge in [-0.1, -0.05) is 12.1 Å². The molecule has 0 unspecified atom stereocenters. The maximum absolute atomic E-state index is 13.9. The number of amides is 1. The average molecular weight is 331 g/mol. The number of rotatable bonds is 3. The summed E-state index contributed by atoms with van der Waals surface area (Å²) in [7, 11) is 0. The van der Waals surface area contributed by atoms with Gasteiger partial charge in [0, 0.05) is 11.8 Å². The molecule has 0 saturated carbocycles. The van der Waals surface area contributed by atoms with E-state index in [-0.39, 0.29) is 16.9 Å². The Labute approximate surface area is 135 Å². The maximum atomic E-state index is 13.9. The van der Waals surface area contributed by atoms with Crippen LogP contribution in [0.15, 0.2) is 48.7 Å². The summed E-state index contributed by atoms with van der Waals surface area (Å²) in [6, 6.07) is 9.07. The highest BCUT2D eigenvalue weighted by atomic mass is 19.2. The van der Waals surface area contributed by atoms with E-state index in [0.717, 1.165) is 12.1 Å². The van der Waals surface area contributed by atoms with Gasteiger partial charge in [0.2, 0.25) is 0 Å². The highest BCUT2D eigenvalue weighted by molar-refractivity contribution is 6.04. The van der Waals surface area contributed by atoms with Crippen LogP contribution in [0.4, 0.5) is 18.9 Å². The molecule has 1 aromatic heterocycles. The van der Waals surface area contributed by atoms with Gasteiger partial charge in [-0.2, -0.15) is 5.10 Å². The highest BCUT2D eigenvalue weighted by Crippen LogP contribution is 2.19. The van der Waals surface area contributed by atoms with Crippen LogP contribution in [0, 0.1) is 24.4 Å². The summed E-state index contributed by atoms with van der Waals surface area (Å²) in [6.45, 7) is 1.61. The zero-order valence-corrected chi connectivity index (χ0v) is 12.6. The normalized spacial score (nSPS) is 10.7. The fourth-order valence-electron chi connectivity index (χ4n) is 2.27. The van der Waals surface area contributed by atoms with Crippen LogP contribution in [0.2, 0.25) is 0 Å². The molecule has 0 radical (unpaired) electrons. The van der Waals surface area contributed by atoms with Crippen molar-refractivity contribution >= 4 is 11.6 Å². The Morgan fingerprint density at radius 1 is 1.04 bits per heavy atom. The second-order valence-electron chi connectivity index (χ2n) is 5.09. The minimum Gasteiger partial charge on any atom is -0.322 e. The molecule has 0 aliphatic heterocycles. The molecule has 122 valence electrons. The summed E-state index contributed by atoms with van der Waals surface area (Å²) in [5, 5.41) is 6.48. The molecule has 0 saturated heterocycles. The van der Waals surface area contributed by atoms with Gasteiger partial charge in [0.15, 0.2) is 11.6 Å². The lowest BCUT2D eigenvalue weighted by Crippen LogP contribution is -2.13. The van der Waals surface area contributed by atoms with Gasteiger partial charge in [-0.25, -0.2) is 17.9 Å². The molecular formula is C17H12F3N3O. The lowest BCUT2D eigenvalue weighted by Gasteiger charge is -2.07. The first-order valence-electron chi connectivity index (χ1n) is 7.03. The standard InChI is InChI=1S/C17H12F3N3O/c1-10-12(9-21-23(10)16-5-3-2-4-14(16)19)17(24)22-11-6-7-13(18)15(20)8-11/h2-9H,1H3,(H,22,24). The van der Waals surface area contributed by atoms with E-state index in [2.05, 4.69) is 10.4 Å². The van der Waals surface area contributed by atoms with Gasteiger partial charge in [0.05, 0.1) is 17.5 Å². The first-order chi connectivity index (χ1) is 11.5. The third-order valence-corrected chi connectivity index (χ3v) is 3.51. The molecule has 1 amide bonds. The monoisotopic (exact) mass is 331 g/mol. The third kappa shape index (κ3) is 2.88. The number of carbonyl (C=O) groups is 1. The van der Waals surface area contributed by atoms with Crippen molar-refractivity contribution < 1.29 is 18.0 Å². The zero-order chi connectivity index (χ0) is 17.3. The van der Waals surface area contributed by atoms with Crippen LogP contribution < -0.4 is 5.32 Å². The van der Waals surface area contributed by atoms with Gasteiger partial charge in [0.1, 0.15) is 11.5 Å². The minimum atomic E-state index is -1.06. The molecule has 24 heavy (non-hydrogen) atoms. The number of carbonyl (C=O) groups excluding carboxylic acids is 1. The number of halogens is 3. The Morgan fingerprint density at radius 2 is 1.79 bits per heavy atom. The van der Waals surface area contributed by atoms with Crippen LogP contribution >= 0.6 is 0 Å². The van der Waals surface area contributed by atoms with Gasteiger partial charge in [0.25, 0.3) is 5.91 Å². The molecule has 0 spiro atoms. The fraction of sp³-hybridized carbons (Fsp3) is 0.0588. The highest BCUT2D eigenvalue weighted by Gasteiger charge is 2.17. The summed E-state index contributed by atoms with van der Waals surface area (Å²) in [4.78, 5) is 12.3. The van der Waals surface area contributed by atoms with E-state index in [1.165, 1.54) is 29.1 Å². The molecule has 0 aliphatic rings. The number of anilines is 1. The van der Waals surface area contributed by atoms with E-state index in [9.17, 15) is 18.0 Å². The van der Waals surface area contributed by atoms with E-state index >= 15 is 0 Å². The van der Waals surface area contributed by atoms with Crippen LogP contribution in [0.1, 0.15) is 16.1 Å². The van der Waals surface area contributed by atoms with E-state index in [0.29, 0.717) is 5.69 Å². The van der Waals surface area contributed by atoms with E-state index < -0.39 is 23.4 Å². The van der Waals surface area contributed by atoms with Gasteiger partial charge in [-0.3, -0.25) is 4.79 Å². The average Bonchev–Trinajstić information content (AvgIpc) is 2.93. The molecule has 0 aliphatic carbocycles. The SMILES string of the molecule is Cc1c(C(=O)Nc2ccc(F)c(F)c2)cnn1-c1ccccc1F. The molecule has 1 heterocycles. The first-order valence-corrected chi connectivity index (χ1v) is 7.03. The molecule has 3 aromatic rings. The first kappa shape index (κ1) is 15.8. The van der Waals surface area contributed by atoms with Crippen molar-refractivity contribution in [2.24, 2.45) is 0 Å². The number of aromatic nitrogens is 2. The summed E-state index contributed by atoms with van der Waals surface area (Å²) in [5.74, 6) is -3.10. The molecule has 0 atom stereocenters. The number of nitrogens with one attached hydrogen (secondary N) is 1. The second-order valence-corrected chi connectivity index (χ2v) is 5.09. The molecule has 1 N–H and O–H groups in total. The summed E-state index contributed by atoms with van der Waals surface area (Å²) in [5.41, 5.74) is 0.932. The topological polar surface area (TPSA) is 46.9 Å². The molecular weight excluding hydrogens is 319 g/mol. The van der Waals surface area contributed by atoms with Crippen molar-refractivity contribution in [2.75, 3.05) is 5.32 Å². The number of nitrogens with zero attached hydrogens (tertiary/aromatic N) is 2. The van der Waals surface area contributed by atoms with Crippen LogP contribution in [0.25, 0.3) is 5.69 Å². The van der Waals surface area contributed by atoms with Crippen molar-refractivity contribution in [3.05, 3.63) is 77.4 Å². The van der Waals surface area contributed by atoms with Crippen molar-refractivity contribution in [1.82, 2.24) is 9.78 Å². The van der Waals surface area contributed by atoms with Gasteiger partial charge in [-0.15, -0.1) is 0 Å². The fourth-order valence-corrected chi connectivity index (χ4v) is 2.27. The largest absolute Gasteiger partial charge is 0.322 e. The third-order valence-electron chi connectivity index (χ3n) is 3.51. The van der Waals surface area contributed by atoms with E-state index in [1.54, 1.807) is 19.1 Å². The van der Waals surface area contributed by atoms with Crippen LogP contribution in [-0.2, 0) is 0 Å². The number of hydrogen-bond acceptors (Lipinski definition) is 2. The predicted octanol–water partition coefficient (Wildman–Crippen LogP) is 3.85.